The van der Waals surface area contributed by atoms with E-state index in [0.29, 0.717) is 11.3 Å². The SMILES string of the molecule is Nc1nc(Nc2ccc3c(c2)OC(F)(F)O3)sc1C(=O)c1ccc(CC(F)F)cc1. The fourth-order valence-corrected chi connectivity index (χ4v) is 3.67. The van der Waals surface area contributed by atoms with E-state index >= 15 is 0 Å². The molecule has 2 aromatic carbocycles. The van der Waals surface area contributed by atoms with Crippen LogP contribution in [-0.2, 0) is 6.42 Å². The molecule has 4 rings (SSSR count). The van der Waals surface area contributed by atoms with Crippen molar-refractivity contribution in [1.29, 1.82) is 0 Å². The van der Waals surface area contributed by atoms with Gasteiger partial charge in [0.15, 0.2) is 16.6 Å². The second kappa shape index (κ2) is 7.48. The lowest BCUT2D eigenvalue weighted by atomic mass is 10.1. The highest BCUT2D eigenvalue weighted by Crippen LogP contribution is 2.43. The second-order valence-corrected chi connectivity index (χ2v) is 7.31. The van der Waals surface area contributed by atoms with Gasteiger partial charge in [0, 0.05) is 23.7 Å². The summed E-state index contributed by atoms with van der Waals surface area (Å²) in [6.45, 7) is 0. The normalized spacial score (nSPS) is 14.2. The van der Waals surface area contributed by atoms with Crippen LogP contribution in [0.25, 0.3) is 0 Å². The molecule has 2 heterocycles. The maximum atomic E-state index is 13.1. The molecule has 11 heteroatoms. The van der Waals surface area contributed by atoms with Crippen LogP contribution in [0.2, 0.25) is 0 Å². The van der Waals surface area contributed by atoms with E-state index in [0.717, 1.165) is 11.3 Å². The highest BCUT2D eigenvalue weighted by atomic mass is 32.1. The number of nitrogens with two attached hydrogens (primary N) is 1. The summed E-state index contributed by atoms with van der Waals surface area (Å²) in [6, 6.07) is 9.90. The van der Waals surface area contributed by atoms with Crippen molar-refractivity contribution in [2.75, 3.05) is 11.1 Å². The molecule has 1 aliphatic rings. The number of ketones is 1. The van der Waals surface area contributed by atoms with Crippen LogP contribution < -0.4 is 20.5 Å². The highest BCUT2D eigenvalue weighted by molar-refractivity contribution is 7.18. The summed E-state index contributed by atoms with van der Waals surface area (Å²) in [4.78, 5) is 16.9. The number of carbonyl (C=O) groups excluding carboxylic acids is 1. The fourth-order valence-electron chi connectivity index (χ4n) is 2.80. The molecule has 0 unspecified atom stereocenters. The number of ether oxygens (including phenoxy) is 2. The molecule has 1 aromatic heterocycles. The monoisotopic (exact) mass is 439 g/mol. The number of rotatable bonds is 6. The van der Waals surface area contributed by atoms with E-state index in [4.69, 9.17) is 5.73 Å². The van der Waals surface area contributed by atoms with Gasteiger partial charge in [-0.2, -0.15) is 0 Å². The molecule has 3 N–H and O–H groups in total. The van der Waals surface area contributed by atoms with Crippen molar-refractivity contribution in [3.05, 3.63) is 58.5 Å². The third-order valence-electron chi connectivity index (χ3n) is 4.12. The smallest absolute Gasteiger partial charge is 0.395 e. The first-order chi connectivity index (χ1) is 14.2. The number of nitrogens with zero attached hydrogens (tertiary/aromatic N) is 1. The molecule has 0 radical (unpaired) electrons. The number of hydrogen-bond acceptors (Lipinski definition) is 7. The predicted molar refractivity (Wildman–Crippen MR) is 102 cm³/mol. The number of alkyl halides is 4. The van der Waals surface area contributed by atoms with Gasteiger partial charge in [0.1, 0.15) is 10.7 Å². The Kier molecular flexibility index (Phi) is 4.98. The van der Waals surface area contributed by atoms with E-state index in [9.17, 15) is 22.4 Å². The van der Waals surface area contributed by atoms with Crippen LogP contribution in [-0.4, -0.2) is 23.5 Å². The molecule has 0 aliphatic carbocycles. The Morgan fingerprint density at radius 2 is 1.83 bits per heavy atom. The first-order valence-electron chi connectivity index (χ1n) is 8.55. The van der Waals surface area contributed by atoms with Gasteiger partial charge in [-0.1, -0.05) is 35.6 Å². The third kappa shape index (κ3) is 4.15. The van der Waals surface area contributed by atoms with Gasteiger partial charge in [-0.3, -0.25) is 4.79 Å². The summed E-state index contributed by atoms with van der Waals surface area (Å²) in [5.41, 5.74) is 6.91. The van der Waals surface area contributed by atoms with Gasteiger partial charge in [-0.25, -0.2) is 13.8 Å². The number of nitrogens with one attached hydrogen (secondary N) is 1. The van der Waals surface area contributed by atoms with Crippen LogP contribution in [0.15, 0.2) is 42.5 Å². The van der Waals surface area contributed by atoms with E-state index in [1.54, 1.807) is 0 Å². The Morgan fingerprint density at radius 1 is 1.13 bits per heavy atom. The van der Waals surface area contributed by atoms with Crippen molar-refractivity contribution >= 4 is 33.8 Å². The maximum Gasteiger partial charge on any atom is 0.586 e. The van der Waals surface area contributed by atoms with Crippen LogP contribution in [0, 0.1) is 0 Å². The van der Waals surface area contributed by atoms with Crippen molar-refractivity contribution in [1.82, 2.24) is 4.98 Å². The van der Waals surface area contributed by atoms with Crippen LogP contribution in [0.4, 0.5) is 34.2 Å². The van der Waals surface area contributed by atoms with Crippen molar-refractivity contribution in [2.45, 2.75) is 19.1 Å². The van der Waals surface area contributed by atoms with Gasteiger partial charge in [0.2, 0.25) is 12.2 Å². The molecule has 0 fully saturated rings. The molecule has 0 saturated carbocycles. The fraction of sp³-hybridized carbons (Fsp3) is 0.158. The van der Waals surface area contributed by atoms with E-state index in [-0.39, 0.29) is 32.9 Å². The standard InChI is InChI=1S/C19H13F4N3O3S/c20-14(21)7-9-1-3-10(4-2-9)15(27)16-17(24)26-18(30-16)25-11-5-6-12-13(8-11)29-19(22,23)28-12/h1-6,8,14H,7,24H2,(H,25,26). The average Bonchev–Trinajstić information content (AvgIpc) is 3.18. The molecule has 3 aromatic rings. The van der Waals surface area contributed by atoms with Gasteiger partial charge >= 0.3 is 6.29 Å². The zero-order valence-corrected chi connectivity index (χ0v) is 15.8. The number of halogens is 4. The number of anilines is 3. The highest BCUT2D eigenvalue weighted by Gasteiger charge is 2.43. The summed E-state index contributed by atoms with van der Waals surface area (Å²) >= 11 is 0.968. The molecular formula is C19H13F4N3O3S. The topological polar surface area (TPSA) is 86.5 Å². The molecule has 0 bridgehead atoms. The molecule has 6 nitrogen and oxygen atoms in total. The molecule has 0 spiro atoms. The van der Waals surface area contributed by atoms with Crippen molar-refractivity contribution < 1.29 is 31.8 Å². The molecule has 0 atom stereocenters. The summed E-state index contributed by atoms with van der Waals surface area (Å²) in [5, 5.41) is 3.13. The number of fused-ring (bicyclic) bond motifs is 1. The summed E-state index contributed by atoms with van der Waals surface area (Å²) in [5.74, 6) is -0.673. The van der Waals surface area contributed by atoms with Crippen LogP contribution >= 0.6 is 11.3 Å². The van der Waals surface area contributed by atoms with Crippen LogP contribution in [0.5, 0.6) is 11.5 Å². The Balaban J connectivity index is 1.50. The number of aromatic nitrogens is 1. The number of carbonyl (C=O) groups is 1. The van der Waals surface area contributed by atoms with E-state index in [1.807, 2.05) is 0 Å². The molecular weight excluding hydrogens is 426 g/mol. The van der Waals surface area contributed by atoms with E-state index in [1.165, 1.54) is 42.5 Å². The van der Waals surface area contributed by atoms with Crippen molar-refractivity contribution in [3.8, 4) is 11.5 Å². The molecule has 0 saturated heterocycles. The Labute approximate surface area is 171 Å². The maximum absolute atomic E-state index is 13.1. The van der Waals surface area contributed by atoms with Gasteiger partial charge in [0.25, 0.3) is 0 Å². The zero-order valence-electron chi connectivity index (χ0n) is 15.0. The Bertz CT molecular complexity index is 1100. The van der Waals surface area contributed by atoms with Crippen LogP contribution in [0.3, 0.4) is 0 Å². The molecule has 156 valence electrons. The molecule has 0 amide bonds. The van der Waals surface area contributed by atoms with Crippen LogP contribution in [0.1, 0.15) is 20.8 Å². The number of nitrogen functional groups attached to an aromatic ring is 1. The third-order valence-corrected chi connectivity index (χ3v) is 5.10. The predicted octanol–water partition coefficient (Wildman–Crippen LogP) is 4.83. The minimum atomic E-state index is -3.73. The van der Waals surface area contributed by atoms with Crippen molar-refractivity contribution in [3.63, 3.8) is 0 Å². The first kappa shape index (κ1) is 20.0. The van der Waals surface area contributed by atoms with Gasteiger partial charge in [0.05, 0.1) is 0 Å². The number of hydrogen-bond donors (Lipinski definition) is 2. The summed E-state index contributed by atoms with van der Waals surface area (Å²) in [7, 11) is 0. The lowest BCUT2D eigenvalue weighted by Crippen LogP contribution is -2.25. The second-order valence-electron chi connectivity index (χ2n) is 6.31. The minimum absolute atomic E-state index is 0.0172. The van der Waals surface area contributed by atoms with Gasteiger partial charge in [-0.15, -0.1) is 8.78 Å². The summed E-state index contributed by atoms with van der Waals surface area (Å²) < 4.78 is 59.9. The van der Waals surface area contributed by atoms with Gasteiger partial charge < -0.3 is 20.5 Å². The molecule has 30 heavy (non-hydrogen) atoms. The number of thiazole rings is 1. The van der Waals surface area contributed by atoms with E-state index < -0.39 is 24.9 Å². The average molecular weight is 439 g/mol. The minimum Gasteiger partial charge on any atom is -0.395 e. The molecule has 1 aliphatic heterocycles. The Hall–Kier alpha value is -3.34. The van der Waals surface area contributed by atoms with Crippen molar-refractivity contribution in [2.24, 2.45) is 0 Å². The zero-order chi connectivity index (χ0) is 21.5. The lowest BCUT2D eigenvalue weighted by molar-refractivity contribution is -0.286. The van der Waals surface area contributed by atoms with E-state index in [2.05, 4.69) is 19.8 Å². The quantitative estimate of drug-likeness (QED) is 0.423. The Morgan fingerprint density at radius 3 is 2.53 bits per heavy atom. The largest absolute Gasteiger partial charge is 0.586 e. The lowest BCUT2D eigenvalue weighted by Gasteiger charge is -2.04. The number of benzene rings is 2. The first-order valence-corrected chi connectivity index (χ1v) is 9.37. The van der Waals surface area contributed by atoms with Gasteiger partial charge in [-0.05, 0) is 17.7 Å². The summed E-state index contributed by atoms with van der Waals surface area (Å²) in [6.07, 6.45) is -6.59.